The van der Waals surface area contributed by atoms with Gasteiger partial charge >= 0.3 is 0 Å². The molecule has 0 spiro atoms. The molecule has 2 heteroatoms. The molecule has 1 N–H and O–H groups in total. The third-order valence-electron chi connectivity index (χ3n) is 1.97. The van der Waals surface area contributed by atoms with Crippen molar-refractivity contribution in [3.63, 3.8) is 0 Å². The smallest absolute Gasteiger partial charge is 0.0714 e. The van der Waals surface area contributed by atoms with Crippen LogP contribution in [0, 0.1) is 6.54 Å². The molecule has 1 heterocycles. The second kappa shape index (κ2) is 5.56. The fourth-order valence-electron chi connectivity index (χ4n) is 1.24. The van der Waals surface area contributed by atoms with Gasteiger partial charge in [-0.05, 0) is 12.8 Å². The first-order valence-electron chi connectivity index (χ1n) is 4.60. The first-order chi connectivity index (χ1) is 5.43. The zero-order chi connectivity index (χ0) is 7.94. The van der Waals surface area contributed by atoms with E-state index in [-0.39, 0.29) is 0 Å². The maximum Gasteiger partial charge on any atom is 0.0714 e. The van der Waals surface area contributed by atoms with Gasteiger partial charge in [0.2, 0.25) is 0 Å². The summed E-state index contributed by atoms with van der Waals surface area (Å²) in [5.74, 6) is 0. The van der Waals surface area contributed by atoms with E-state index in [4.69, 9.17) is 4.74 Å². The molecule has 11 heavy (non-hydrogen) atoms. The molecule has 1 rings (SSSR count). The van der Waals surface area contributed by atoms with Gasteiger partial charge in [-0.25, -0.2) is 0 Å². The zero-order valence-electron chi connectivity index (χ0n) is 7.31. The van der Waals surface area contributed by atoms with Crippen LogP contribution in [0.3, 0.4) is 0 Å². The summed E-state index contributed by atoms with van der Waals surface area (Å²) < 4.78 is 5.61. The molecule has 0 bridgehead atoms. The zero-order valence-corrected chi connectivity index (χ0v) is 7.31. The molecular formula is C9H18NO. The van der Waals surface area contributed by atoms with Crippen molar-refractivity contribution < 1.29 is 4.74 Å². The minimum atomic E-state index is 0.451. The average Bonchev–Trinajstić information content (AvgIpc) is 2.50. The summed E-state index contributed by atoms with van der Waals surface area (Å²) in [6.07, 6.45) is 5.31. The predicted molar refractivity (Wildman–Crippen MR) is 46.2 cm³/mol. The van der Waals surface area contributed by atoms with Crippen LogP contribution in [-0.4, -0.2) is 19.3 Å². The largest absolute Gasteiger partial charge is 0.377 e. The van der Waals surface area contributed by atoms with Crippen LogP contribution < -0.4 is 5.32 Å². The molecule has 1 aliphatic heterocycles. The standard InChI is InChI=1S/C9H18NO/c1-2-3-4-7-11-9-5-6-10-8-9/h6,9-10H,2-5,7-8H2,1H3. The molecule has 0 amide bonds. The van der Waals surface area contributed by atoms with Gasteiger partial charge in [0.1, 0.15) is 0 Å². The Hall–Kier alpha value is -0.0800. The minimum absolute atomic E-state index is 0.451. The Kier molecular flexibility index (Phi) is 4.55. The van der Waals surface area contributed by atoms with Crippen LogP contribution in [0.5, 0.6) is 0 Å². The Labute approximate surface area is 69.3 Å². The molecule has 1 unspecified atom stereocenters. The third kappa shape index (κ3) is 3.73. The number of hydrogen-bond donors (Lipinski definition) is 1. The first kappa shape index (κ1) is 9.01. The van der Waals surface area contributed by atoms with Crippen molar-refractivity contribution in [2.24, 2.45) is 0 Å². The highest BCUT2D eigenvalue weighted by atomic mass is 16.5. The van der Waals surface area contributed by atoms with E-state index in [1.54, 1.807) is 0 Å². The van der Waals surface area contributed by atoms with Crippen LogP contribution in [0.2, 0.25) is 0 Å². The normalized spacial score (nSPS) is 24.3. The van der Waals surface area contributed by atoms with E-state index in [1.807, 2.05) is 0 Å². The fourth-order valence-corrected chi connectivity index (χ4v) is 1.24. The SMILES string of the molecule is CCCCCOC1C[CH]NC1. The molecule has 65 valence electrons. The van der Waals surface area contributed by atoms with Crippen LogP contribution in [0.15, 0.2) is 0 Å². The fraction of sp³-hybridized carbons (Fsp3) is 0.889. The van der Waals surface area contributed by atoms with Crippen molar-refractivity contribution in [1.82, 2.24) is 5.32 Å². The van der Waals surface area contributed by atoms with Gasteiger partial charge in [-0.2, -0.15) is 0 Å². The molecule has 0 aromatic rings. The lowest BCUT2D eigenvalue weighted by atomic mass is 10.2. The van der Waals surface area contributed by atoms with Crippen molar-refractivity contribution in [2.45, 2.75) is 38.7 Å². The van der Waals surface area contributed by atoms with Gasteiger partial charge in [-0.1, -0.05) is 19.8 Å². The van der Waals surface area contributed by atoms with Crippen LogP contribution in [0.1, 0.15) is 32.6 Å². The first-order valence-corrected chi connectivity index (χ1v) is 4.60. The van der Waals surface area contributed by atoms with Crippen molar-refractivity contribution in [1.29, 1.82) is 0 Å². The van der Waals surface area contributed by atoms with E-state index >= 15 is 0 Å². The summed E-state index contributed by atoms with van der Waals surface area (Å²) in [5.41, 5.74) is 0. The molecule has 0 aromatic carbocycles. The number of unbranched alkanes of at least 4 members (excludes halogenated alkanes) is 2. The van der Waals surface area contributed by atoms with Gasteiger partial charge in [-0.15, -0.1) is 0 Å². The van der Waals surface area contributed by atoms with Crippen LogP contribution in [-0.2, 0) is 4.74 Å². The van der Waals surface area contributed by atoms with Gasteiger partial charge in [0.15, 0.2) is 0 Å². The van der Waals surface area contributed by atoms with Crippen molar-refractivity contribution in [3.8, 4) is 0 Å². The topological polar surface area (TPSA) is 21.3 Å². The Morgan fingerprint density at radius 3 is 3.09 bits per heavy atom. The van der Waals surface area contributed by atoms with Gasteiger partial charge in [-0.3, -0.25) is 0 Å². The molecule has 2 nitrogen and oxygen atoms in total. The van der Waals surface area contributed by atoms with Gasteiger partial charge < -0.3 is 10.1 Å². The number of nitrogens with one attached hydrogen (secondary N) is 1. The summed E-state index contributed by atoms with van der Waals surface area (Å²) in [5, 5.41) is 3.16. The van der Waals surface area contributed by atoms with E-state index in [2.05, 4.69) is 18.8 Å². The second-order valence-corrected chi connectivity index (χ2v) is 3.05. The van der Waals surface area contributed by atoms with Crippen molar-refractivity contribution in [2.75, 3.05) is 13.2 Å². The quantitative estimate of drug-likeness (QED) is 0.612. The summed E-state index contributed by atoms with van der Waals surface area (Å²) >= 11 is 0. The summed E-state index contributed by atoms with van der Waals surface area (Å²) in [6, 6.07) is 0. The third-order valence-corrected chi connectivity index (χ3v) is 1.97. The van der Waals surface area contributed by atoms with Gasteiger partial charge in [0.25, 0.3) is 0 Å². The summed E-state index contributed by atoms with van der Waals surface area (Å²) in [4.78, 5) is 0. The highest BCUT2D eigenvalue weighted by Gasteiger charge is 2.13. The van der Waals surface area contributed by atoms with Crippen LogP contribution in [0.25, 0.3) is 0 Å². The van der Waals surface area contributed by atoms with Crippen LogP contribution >= 0.6 is 0 Å². The lowest BCUT2D eigenvalue weighted by Gasteiger charge is -2.09. The van der Waals surface area contributed by atoms with E-state index in [0.717, 1.165) is 19.6 Å². The maximum atomic E-state index is 5.61. The molecule has 1 atom stereocenters. The van der Waals surface area contributed by atoms with Crippen LogP contribution in [0.4, 0.5) is 0 Å². The van der Waals surface area contributed by atoms with Gasteiger partial charge in [0, 0.05) is 19.7 Å². The Balaban J connectivity index is 1.86. The number of hydrogen-bond acceptors (Lipinski definition) is 2. The highest BCUT2D eigenvalue weighted by molar-refractivity contribution is 4.80. The molecule has 1 aliphatic rings. The average molecular weight is 156 g/mol. The molecular weight excluding hydrogens is 138 g/mol. The number of rotatable bonds is 5. The lowest BCUT2D eigenvalue weighted by molar-refractivity contribution is 0.0653. The van der Waals surface area contributed by atoms with Crippen molar-refractivity contribution in [3.05, 3.63) is 6.54 Å². The number of ether oxygens (including phenoxy) is 1. The van der Waals surface area contributed by atoms with E-state index in [1.165, 1.54) is 19.3 Å². The predicted octanol–water partition coefficient (Wildman–Crippen LogP) is 1.72. The highest BCUT2D eigenvalue weighted by Crippen LogP contribution is 2.07. The molecule has 1 saturated heterocycles. The Morgan fingerprint density at radius 1 is 1.55 bits per heavy atom. The minimum Gasteiger partial charge on any atom is -0.377 e. The second-order valence-electron chi connectivity index (χ2n) is 3.05. The molecule has 1 fully saturated rings. The van der Waals surface area contributed by atoms with Crippen molar-refractivity contribution >= 4 is 0 Å². The van der Waals surface area contributed by atoms with E-state index < -0.39 is 0 Å². The molecule has 0 aromatic heterocycles. The van der Waals surface area contributed by atoms with E-state index in [9.17, 15) is 0 Å². The molecule has 1 radical (unpaired) electrons. The molecule has 0 aliphatic carbocycles. The maximum absolute atomic E-state index is 5.61. The lowest BCUT2D eigenvalue weighted by Crippen LogP contribution is -2.16. The van der Waals surface area contributed by atoms with Gasteiger partial charge in [0.05, 0.1) is 6.10 Å². The Morgan fingerprint density at radius 2 is 2.45 bits per heavy atom. The summed E-state index contributed by atoms with van der Waals surface area (Å²) in [6.45, 7) is 6.25. The van der Waals surface area contributed by atoms with E-state index in [0.29, 0.717) is 6.10 Å². The molecule has 0 saturated carbocycles. The summed E-state index contributed by atoms with van der Waals surface area (Å²) in [7, 11) is 0. The monoisotopic (exact) mass is 156 g/mol. The Bertz CT molecular complexity index is 89.6.